The van der Waals surface area contributed by atoms with E-state index in [1.807, 2.05) is 23.6 Å². The molecule has 0 unspecified atom stereocenters. The first kappa shape index (κ1) is 19.8. The zero-order chi connectivity index (χ0) is 20.6. The summed E-state index contributed by atoms with van der Waals surface area (Å²) in [4.78, 5) is 17.3. The Hall–Kier alpha value is -2.47. The molecule has 1 fully saturated rings. The molecule has 0 bridgehead atoms. The van der Waals surface area contributed by atoms with Gasteiger partial charge in [0, 0.05) is 37.9 Å². The van der Waals surface area contributed by atoms with Crippen LogP contribution in [0.15, 0.2) is 36.4 Å². The van der Waals surface area contributed by atoms with Crippen molar-refractivity contribution in [2.45, 2.75) is 39.7 Å². The van der Waals surface area contributed by atoms with Crippen LogP contribution in [0.1, 0.15) is 36.2 Å². The maximum atomic E-state index is 13.3. The molecule has 0 N–H and O–H groups in total. The maximum Gasteiger partial charge on any atom is 0.230 e. The van der Waals surface area contributed by atoms with Crippen LogP contribution in [0.3, 0.4) is 0 Å². The molecule has 2 aromatic rings. The Labute approximate surface area is 171 Å². The van der Waals surface area contributed by atoms with E-state index in [1.54, 1.807) is 12.1 Å². The Bertz CT molecular complexity index is 933. The number of carbonyl (C=O) groups excluding carboxylic acids is 1. The van der Waals surface area contributed by atoms with Gasteiger partial charge in [-0.3, -0.25) is 9.69 Å². The molecule has 1 amide bonds. The number of rotatable bonds is 3. The van der Waals surface area contributed by atoms with Gasteiger partial charge < -0.3 is 4.90 Å². The molecule has 2 aliphatic rings. The number of aryl methyl sites for hydroxylation is 1. The molecular formula is C23H29FN4O. The van der Waals surface area contributed by atoms with Crippen LogP contribution in [-0.4, -0.2) is 52.2 Å². The van der Waals surface area contributed by atoms with Crippen molar-refractivity contribution >= 4 is 5.91 Å². The van der Waals surface area contributed by atoms with E-state index in [0.29, 0.717) is 6.54 Å². The highest BCUT2D eigenvalue weighted by Crippen LogP contribution is 2.38. The monoisotopic (exact) mass is 396 g/mol. The molecule has 1 atom stereocenters. The second-order valence-corrected chi connectivity index (χ2v) is 8.49. The van der Waals surface area contributed by atoms with Crippen molar-refractivity contribution in [3.8, 4) is 5.69 Å². The van der Waals surface area contributed by atoms with Crippen LogP contribution in [0, 0.1) is 25.1 Å². The van der Waals surface area contributed by atoms with Gasteiger partial charge in [-0.05, 0) is 63.9 Å². The first-order valence-electron chi connectivity index (χ1n) is 10.3. The fraction of sp³-hybridized carbons (Fsp3) is 0.478. The Morgan fingerprint density at radius 2 is 1.93 bits per heavy atom. The van der Waals surface area contributed by atoms with Gasteiger partial charge in [-0.25, -0.2) is 9.07 Å². The normalized spacial score (nSPS) is 23.0. The van der Waals surface area contributed by atoms with Gasteiger partial charge in [0.2, 0.25) is 5.91 Å². The van der Waals surface area contributed by atoms with Crippen LogP contribution in [0.4, 0.5) is 4.39 Å². The van der Waals surface area contributed by atoms with E-state index >= 15 is 0 Å². The molecule has 5 nitrogen and oxygen atoms in total. The van der Waals surface area contributed by atoms with Gasteiger partial charge in [-0.2, -0.15) is 5.10 Å². The van der Waals surface area contributed by atoms with Gasteiger partial charge in [0.1, 0.15) is 5.82 Å². The number of aromatic nitrogens is 2. The van der Waals surface area contributed by atoms with E-state index in [1.165, 1.54) is 17.7 Å². The van der Waals surface area contributed by atoms with E-state index < -0.39 is 0 Å². The number of hydrogen-bond donors (Lipinski definition) is 0. The fourth-order valence-electron chi connectivity index (χ4n) is 4.78. The molecule has 4 rings (SSSR count). The van der Waals surface area contributed by atoms with Crippen molar-refractivity contribution in [3.05, 3.63) is 59.2 Å². The van der Waals surface area contributed by atoms with E-state index in [0.717, 1.165) is 56.0 Å². The van der Waals surface area contributed by atoms with Crippen LogP contribution in [0.2, 0.25) is 0 Å². The van der Waals surface area contributed by atoms with Crippen molar-refractivity contribution in [2.24, 2.45) is 5.41 Å². The molecule has 0 saturated carbocycles. The number of nitrogens with zero attached hydrogens (tertiary/aromatic N) is 4. The van der Waals surface area contributed by atoms with Crippen molar-refractivity contribution in [1.82, 2.24) is 19.6 Å². The standard InChI is InChI=1S/C23H29FN4O/c1-17-21(18(2)28(25-17)20-9-7-19(24)8-10-20)15-27-14-6-12-23(16-27)11-4-5-13-26(3)22(23)29/h4-5,7-10H,6,11-16H2,1-3H3/t23-/m0/s1. The lowest BCUT2D eigenvalue weighted by atomic mass is 9.76. The van der Waals surface area contributed by atoms with Crippen molar-refractivity contribution in [3.63, 3.8) is 0 Å². The molecule has 29 heavy (non-hydrogen) atoms. The molecular weight excluding hydrogens is 367 g/mol. The van der Waals surface area contributed by atoms with Crippen LogP contribution < -0.4 is 0 Å². The highest BCUT2D eigenvalue weighted by Gasteiger charge is 2.43. The zero-order valence-corrected chi connectivity index (χ0v) is 17.5. The number of hydrogen-bond acceptors (Lipinski definition) is 3. The minimum atomic E-state index is -0.311. The lowest BCUT2D eigenvalue weighted by Crippen LogP contribution is -2.51. The summed E-state index contributed by atoms with van der Waals surface area (Å²) in [5.74, 6) is 0.0175. The van der Waals surface area contributed by atoms with Crippen molar-refractivity contribution in [1.29, 1.82) is 0 Å². The highest BCUT2D eigenvalue weighted by molar-refractivity contribution is 5.83. The van der Waals surface area contributed by atoms with E-state index in [-0.39, 0.29) is 17.1 Å². The Morgan fingerprint density at radius 1 is 1.17 bits per heavy atom. The minimum absolute atomic E-state index is 0.249. The maximum absolute atomic E-state index is 13.3. The Morgan fingerprint density at radius 3 is 2.69 bits per heavy atom. The van der Waals surface area contributed by atoms with Gasteiger partial charge in [0.15, 0.2) is 0 Å². The number of halogens is 1. The summed E-state index contributed by atoms with van der Waals surface area (Å²) >= 11 is 0. The van der Waals surface area contributed by atoms with Crippen LogP contribution in [-0.2, 0) is 11.3 Å². The van der Waals surface area contributed by atoms with Crippen LogP contribution >= 0.6 is 0 Å². The third-order valence-electron chi connectivity index (χ3n) is 6.40. The average Bonchev–Trinajstić information content (AvgIpc) is 2.92. The fourth-order valence-corrected chi connectivity index (χ4v) is 4.78. The molecule has 2 aliphatic heterocycles. The molecule has 6 heteroatoms. The number of likely N-dealkylation sites (tertiary alicyclic amines) is 1. The van der Waals surface area contributed by atoms with E-state index in [4.69, 9.17) is 5.10 Å². The van der Waals surface area contributed by atoms with Gasteiger partial charge in [-0.15, -0.1) is 0 Å². The summed E-state index contributed by atoms with van der Waals surface area (Å²) in [6.45, 7) is 7.33. The smallest absolute Gasteiger partial charge is 0.230 e. The van der Waals surface area contributed by atoms with Gasteiger partial charge in [-0.1, -0.05) is 12.2 Å². The van der Waals surface area contributed by atoms with Crippen LogP contribution in [0.5, 0.6) is 0 Å². The molecule has 3 heterocycles. The molecule has 1 aromatic carbocycles. The first-order valence-corrected chi connectivity index (χ1v) is 10.3. The van der Waals surface area contributed by atoms with Gasteiger partial charge >= 0.3 is 0 Å². The second kappa shape index (κ2) is 7.75. The number of benzene rings is 1. The number of piperidine rings is 1. The number of amides is 1. The largest absolute Gasteiger partial charge is 0.342 e. The van der Waals surface area contributed by atoms with Crippen molar-refractivity contribution < 1.29 is 9.18 Å². The summed E-state index contributed by atoms with van der Waals surface area (Å²) < 4.78 is 15.2. The lowest BCUT2D eigenvalue weighted by molar-refractivity contribution is -0.143. The second-order valence-electron chi connectivity index (χ2n) is 8.49. The van der Waals surface area contributed by atoms with E-state index in [2.05, 4.69) is 24.0 Å². The predicted molar refractivity (Wildman–Crippen MR) is 111 cm³/mol. The predicted octanol–water partition coefficient (Wildman–Crippen LogP) is 3.63. The van der Waals surface area contributed by atoms with Gasteiger partial charge in [0.05, 0.1) is 16.8 Å². The quantitative estimate of drug-likeness (QED) is 0.744. The third-order valence-corrected chi connectivity index (χ3v) is 6.40. The zero-order valence-electron chi connectivity index (χ0n) is 17.5. The summed E-state index contributed by atoms with van der Waals surface area (Å²) in [6, 6.07) is 6.42. The van der Waals surface area contributed by atoms with Crippen molar-refractivity contribution in [2.75, 3.05) is 26.7 Å². The van der Waals surface area contributed by atoms with Gasteiger partial charge in [0.25, 0.3) is 0 Å². The minimum Gasteiger partial charge on any atom is -0.342 e. The Balaban J connectivity index is 1.57. The highest BCUT2D eigenvalue weighted by atomic mass is 19.1. The molecule has 0 radical (unpaired) electrons. The molecule has 1 spiro atoms. The molecule has 1 aromatic heterocycles. The molecule has 154 valence electrons. The summed E-state index contributed by atoms with van der Waals surface area (Å²) in [5, 5.41) is 4.70. The lowest BCUT2D eigenvalue weighted by Gasteiger charge is -2.42. The SMILES string of the molecule is Cc1nn(-c2ccc(F)cc2)c(C)c1CN1CCC[C@@]2(CC=CCN(C)C2=O)C1. The molecule has 1 saturated heterocycles. The Kier molecular flexibility index (Phi) is 5.30. The van der Waals surface area contributed by atoms with Crippen LogP contribution in [0.25, 0.3) is 5.69 Å². The first-order chi connectivity index (χ1) is 13.9. The topological polar surface area (TPSA) is 41.4 Å². The summed E-state index contributed by atoms with van der Waals surface area (Å²) in [5.41, 5.74) is 3.79. The summed E-state index contributed by atoms with van der Waals surface area (Å²) in [7, 11) is 1.90. The van der Waals surface area contributed by atoms with E-state index in [9.17, 15) is 9.18 Å². The average molecular weight is 397 g/mol. The summed E-state index contributed by atoms with van der Waals surface area (Å²) in [6.07, 6.45) is 7.07. The third kappa shape index (κ3) is 3.73. The molecule has 0 aliphatic carbocycles. The number of allylic oxidation sites excluding steroid dienone is 1. The number of likely N-dealkylation sites (N-methyl/N-ethyl adjacent to an activating group) is 1. The number of carbonyl (C=O) groups is 1.